The molecular formula is C21H25N3O4S. The minimum absolute atomic E-state index is 0.0948. The Kier molecular flexibility index (Phi) is 5.93. The zero-order valence-corrected chi connectivity index (χ0v) is 17.6. The van der Waals surface area contributed by atoms with Crippen LogP contribution in [0.15, 0.2) is 48.5 Å². The molecule has 1 N–H and O–H groups in total. The van der Waals surface area contributed by atoms with E-state index in [9.17, 15) is 18.0 Å². The summed E-state index contributed by atoms with van der Waals surface area (Å²) in [6.07, 6.45) is 2.48. The summed E-state index contributed by atoms with van der Waals surface area (Å²) in [6.45, 7) is 4.11. The number of amides is 2. The molecule has 154 valence electrons. The molecule has 1 atom stereocenters. The second kappa shape index (κ2) is 8.24. The standard InChI is InChI=1S/C21H25N3O4S/c1-15-6-4-7-19(14-15)24(29(3,27)28)16(2)21(26)22-17-9-11-18(12-10-17)23-13-5-8-20(23)25/h4,6-7,9-12,14,16H,5,8,13H2,1-3H3,(H,22,26)/t16-/m1/s1. The fraction of sp³-hybridized carbons (Fsp3) is 0.333. The van der Waals surface area contributed by atoms with Crippen LogP contribution in [0, 0.1) is 6.92 Å². The Labute approximate surface area is 171 Å². The number of nitrogens with one attached hydrogen (secondary N) is 1. The topological polar surface area (TPSA) is 86.8 Å². The van der Waals surface area contributed by atoms with E-state index in [1.165, 1.54) is 0 Å². The van der Waals surface area contributed by atoms with Crippen molar-refractivity contribution in [3.05, 3.63) is 54.1 Å². The van der Waals surface area contributed by atoms with E-state index in [0.717, 1.165) is 28.2 Å². The zero-order chi connectivity index (χ0) is 21.2. The Balaban J connectivity index is 1.77. The maximum Gasteiger partial charge on any atom is 0.247 e. The maximum atomic E-state index is 12.8. The van der Waals surface area contributed by atoms with Crippen molar-refractivity contribution < 1.29 is 18.0 Å². The molecule has 1 aliphatic heterocycles. The van der Waals surface area contributed by atoms with Crippen LogP contribution in [0.2, 0.25) is 0 Å². The second-order valence-electron chi connectivity index (χ2n) is 7.26. The Morgan fingerprint density at radius 1 is 1.17 bits per heavy atom. The van der Waals surface area contributed by atoms with E-state index >= 15 is 0 Å². The molecule has 1 fully saturated rings. The first-order valence-corrected chi connectivity index (χ1v) is 11.3. The number of rotatable bonds is 6. The summed E-state index contributed by atoms with van der Waals surface area (Å²) < 4.78 is 25.9. The van der Waals surface area contributed by atoms with Crippen LogP contribution in [0.1, 0.15) is 25.3 Å². The van der Waals surface area contributed by atoms with E-state index in [4.69, 9.17) is 0 Å². The van der Waals surface area contributed by atoms with Gasteiger partial charge in [-0.2, -0.15) is 0 Å². The summed E-state index contributed by atoms with van der Waals surface area (Å²) in [7, 11) is -3.67. The van der Waals surface area contributed by atoms with Crippen molar-refractivity contribution in [2.75, 3.05) is 27.3 Å². The van der Waals surface area contributed by atoms with E-state index in [0.29, 0.717) is 24.3 Å². The average Bonchev–Trinajstić information content (AvgIpc) is 3.07. The molecule has 8 heteroatoms. The molecule has 1 saturated heterocycles. The number of carbonyl (C=O) groups excluding carboxylic acids is 2. The predicted molar refractivity (Wildman–Crippen MR) is 115 cm³/mol. The number of hydrogen-bond donors (Lipinski definition) is 1. The third kappa shape index (κ3) is 4.76. The molecule has 0 bridgehead atoms. The van der Waals surface area contributed by atoms with Gasteiger partial charge in [-0.1, -0.05) is 12.1 Å². The average molecular weight is 416 g/mol. The van der Waals surface area contributed by atoms with E-state index in [-0.39, 0.29) is 5.91 Å². The third-order valence-corrected chi connectivity index (χ3v) is 6.11. The van der Waals surface area contributed by atoms with Crippen LogP contribution in [-0.2, 0) is 19.6 Å². The SMILES string of the molecule is Cc1cccc(N([C@H](C)C(=O)Nc2ccc(N3CCCC3=O)cc2)S(C)(=O)=O)c1. The van der Waals surface area contributed by atoms with Crippen molar-refractivity contribution in [2.45, 2.75) is 32.7 Å². The second-order valence-corrected chi connectivity index (χ2v) is 9.12. The molecule has 2 aromatic carbocycles. The largest absolute Gasteiger partial charge is 0.324 e. The van der Waals surface area contributed by atoms with Crippen LogP contribution in [-0.4, -0.2) is 39.1 Å². The van der Waals surface area contributed by atoms with Gasteiger partial charge in [-0.15, -0.1) is 0 Å². The van der Waals surface area contributed by atoms with Gasteiger partial charge in [0.05, 0.1) is 11.9 Å². The van der Waals surface area contributed by atoms with Crippen LogP contribution in [0.25, 0.3) is 0 Å². The van der Waals surface area contributed by atoms with Gasteiger partial charge in [0.25, 0.3) is 0 Å². The van der Waals surface area contributed by atoms with E-state index in [1.54, 1.807) is 54.3 Å². The van der Waals surface area contributed by atoms with Gasteiger partial charge in [-0.3, -0.25) is 13.9 Å². The van der Waals surface area contributed by atoms with Crippen LogP contribution in [0.4, 0.5) is 17.1 Å². The molecule has 2 amide bonds. The highest BCUT2D eigenvalue weighted by atomic mass is 32.2. The van der Waals surface area contributed by atoms with E-state index < -0.39 is 22.0 Å². The smallest absolute Gasteiger partial charge is 0.247 e. The van der Waals surface area contributed by atoms with Gasteiger partial charge >= 0.3 is 0 Å². The number of benzene rings is 2. The summed E-state index contributed by atoms with van der Waals surface area (Å²) in [5.74, 6) is -0.348. The van der Waals surface area contributed by atoms with Crippen molar-refractivity contribution in [3.63, 3.8) is 0 Å². The highest BCUT2D eigenvalue weighted by Crippen LogP contribution is 2.25. The first-order valence-electron chi connectivity index (χ1n) is 9.44. The number of sulfonamides is 1. The lowest BCUT2D eigenvalue weighted by Gasteiger charge is -2.28. The molecule has 3 rings (SSSR count). The Morgan fingerprint density at radius 2 is 1.86 bits per heavy atom. The molecule has 0 spiro atoms. The molecule has 29 heavy (non-hydrogen) atoms. The van der Waals surface area contributed by atoms with Crippen molar-refractivity contribution >= 4 is 38.9 Å². The fourth-order valence-corrected chi connectivity index (χ4v) is 4.63. The first kappa shape index (κ1) is 20.9. The van der Waals surface area contributed by atoms with Gasteiger partial charge in [0.15, 0.2) is 0 Å². The van der Waals surface area contributed by atoms with Crippen molar-refractivity contribution in [3.8, 4) is 0 Å². The summed E-state index contributed by atoms with van der Waals surface area (Å²) in [6, 6.07) is 13.1. The van der Waals surface area contributed by atoms with Crippen LogP contribution in [0.3, 0.4) is 0 Å². The minimum Gasteiger partial charge on any atom is -0.324 e. The highest BCUT2D eigenvalue weighted by Gasteiger charge is 2.29. The first-order chi connectivity index (χ1) is 13.7. The van der Waals surface area contributed by atoms with Gasteiger partial charge in [0, 0.05) is 24.3 Å². The molecule has 0 saturated carbocycles. The van der Waals surface area contributed by atoms with E-state index in [1.807, 2.05) is 13.0 Å². The number of aryl methyl sites for hydroxylation is 1. The number of hydrogen-bond acceptors (Lipinski definition) is 4. The van der Waals surface area contributed by atoms with Crippen LogP contribution < -0.4 is 14.5 Å². The lowest BCUT2D eigenvalue weighted by atomic mass is 10.2. The molecule has 1 aliphatic rings. The maximum absolute atomic E-state index is 12.8. The molecule has 0 aromatic heterocycles. The number of anilines is 3. The molecule has 1 heterocycles. The molecule has 0 unspecified atom stereocenters. The Bertz CT molecular complexity index is 1020. The normalized spacial score (nSPS) is 15.3. The van der Waals surface area contributed by atoms with Crippen molar-refractivity contribution in [1.82, 2.24) is 0 Å². The van der Waals surface area contributed by atoms with Crippen LogP contribution >= 0.6 is 0 Å². The van der Waals surface area contributed by atoms with Crippen molar-refractivity contribution in [2.24, 2.45) is 0 Å². The summed E-state index contributed by atoms with van der Waals surface area (Å²) in [5.41, 5.74) is 2.67. The third-order valence-electron chi connectivity index (χ3n) is 4.86. The van der Waals surface area contributed by atoms with Gasteiger partial charge < -0.3 is 10.2 Å². The predicted octanol–water partition coefficient (Wildman–Crippen LogP) is 2.92. The van der Waals surface area contributed by atoms with Gasteiger partial charge in [-0.05, 0) is 62.2 Å². The van der Waals surface area contributed by atoms with E-state index in [2.05, 4.69) is 5.32 Å². The molecule has 0 radical (unpaired) electrons. The van der Waals surface area contributed by atoms with Gasteiger partial charge in [0.1, 0.15) is 6.04 Å². The molecular weight excluding hydrogens is 390 g/mol. The lowest BCUT2D eigenvalue weighted by Crippen LogP contribution is -2.45. The lowest BCUT2D eigenvalue weighted by molar-refractivity contribution is -0.117. The van der Waals surface area contributed by atoms with Crippen molar-refractivity contribution in [1.29, 1.82) is 0 Å². The minimum atomic E-state index is -3.67. The molecule has 7 nitrogen and oxygen atoms in total. The summed E-state index contributed by atoms with van der Waals surface area (Å²) >= 11 is 0. The highest BCUT2D eigenvalue weighted by molar-refractivity contribution is 7.92. The fourth-order valence-electron chi connectivity index (χ4n) is 3.47. The number of carbonyl (C=O) groups is 2. The Hall–Kier alpha value is -2.87. The summed E-state index contributed by atoms with van der Waals surface area (Å²) in [4.78, 5) is 26.3. The van der Waals surface area contributed by atoms with Crippen LogP contribution in [0.5, 0.6) is 0 Å². The quantitative estimate of drug-likeness (QED) is 0.786. The molecule has 2 aromatic rings. The number of nitrogens with zero attached hydrogens (tertiary/aromatic N) is 2. The Morgan fingerprint density at radius 3 is 2.41 bits per heavy atom. The van der Waals surface area contributed by atoms with Gasteiger partial charge in [-0.25, -0.2) is 8.42 Å². The summed E-state index contributed by atoms with van der Waals surface area (Å²) in [5, 5.41) is 2.76. The zero-order valence-electron chi connectivity index (χ0n) is 16.8. The monoisotopic (exact) mass is 415 g/mol. The molecule has 0 aliphatic carbocycles. The van der Waals surface area contributed by atoms with Gasteiger partial charge in [0.2, 0.25) is 21.8 Å².